The van der Waals surface area contributed by atoms with Gasteiger partial charge in [-0.15, -0.1) is 11.3 Å². The van der Waals surface area contributed by atoms with E-state index >= 15 is 4.39 Å². The lowest BCUT2D eigenvalue weighted by molar-refractivity contribution is 0.0672. The van der Waals surface area contributed by atoms with Crippen LogP contribution in [-0.2, 0) is 0 Å². The van der Waals surface area contributed by atoms with Gasteiger partial charge in [0, 0.05) is 48.6 Å². The lowest BCUT2D eigenvalue weighted by atomic mass is 9.81. The van der Waals surface area contributed by atoms with E-state index in [9.17, 15) is 5.11 Å². The van der Waals surface area contributed by atoms with Gasteiger partial charge in [0.05, 0.1) is 12.6 Å². The van der Waals surface area contributed by atoms with E-state index in [2.05, 4.69) is 14.9 Å². The number of hydrogen-bond acceptors (Lipinski definition) is 7. The van der Waals surface area contributed by atoms with Gasteiger partial charge < -0.3 is 14.7 Å². The Hall–Kier alpha value is -1.74. The number of likely N-dealkylation sites (tertiary alicyclic amines) is 1. The van der Waals surface area contributed by atoms with Crippen molar-refractivity contribution in [3.05, 3.63) is 47.6 Å². The quantitative estimate of drug-likeness (QED) is 0.406. The van der Waals surface area contributed by atoms with Crippen molar-refractivity contribution >= 4 is 34.0 Å². The van der Waals surface area contributed by atoms with Crippen LogP contribution in [0.4, 0.5) is 4.39 Å². The Bertz CT molecular complexity index is 989. The Labute approximate surface area is 197 Å². The average Bonchev–Trinajstić information content (AvgIpc) is 3.35. The molecule has 2 aromatic heterocycles. The molecule has 0 spiro atoms. The monoisotopic (exact) mass is 475 g/mol. The van der Waals surface area contributed by atoms with E-state index in [1.165, 1.54) is 0 Å². The van der Waals surface area contributed by atoms with Crippen LogP contribution >= 0.6 is 23.1 Å². The first-order valence-electron chi connectivity index (χ1n) is 11.1. The van der Waals surface area contributed by atoms with Crippen LogP contribution in [0.15, 0.2) is 46.4 Å². The van der Waals surface area contributed by atoms with Crippen molar-refractivity contribution in [2.24, 2.45) is 11.8 Å². The van der Waals surface area contributed by atoms with Gasteiger partial charge >= 0.3 is 0 Å². The standard InChI is InChI=1S/C24H30FN3O2S2/c1-30-19-3-5-23-21(14-19)20(6-8-26-23)22(25)4-2-17-7-10-28(15-18(17)16-29)11-13-32-24-27-9-12-31-24/h3,5-6,8-9,12,14,17-18,22,29H,2,4,7,10-11,13,15-16H2,1H3/t17-,18-,22-/m1/s1. The minimum atomic E-state index is -1.06. The summed E-state index contributed by atoms with van der Waals surface area (Å²) in [5.74, 6) is 2.26. The van der Waals surface area contributed by atoms with Crippen molar-refractivity contribution in [1.29, 1.82) is 0 Å². The number of halogens is 1. The Kier molecular flexibility index (Phi) is 8.35. The number of benzene rings is 1. The number of thiazole rings is 1. The number of ether oxygens (including phenoxy) is 1. The molecule has 8 heteroatoms. The van der Waals surface area contributed by atoms with Crippen LogP contribution in [0.5, 0.6) is 5.75 Å². The molecule has 1 fully saturated rings. The van der Waals surface area contributed by atoms with Crippen LogP contribution < -0.4 is 4.74 Å². The summed E-state index contributed by atoms with van der Waals surface area (Å²) in [6.07, 6.45) is 4.70. The molecule has 172 valence electrons. The maximum atomic E-state index is 15.3. The maximum absolute atomic E-state index is 15.3. The second kappa shape index (κ2) is 11.4. The third-order valence-electron chi connectivity index (χ3n) is 6.36. The number of aliphatic hydroxyl groups is 1. The molecule has 1 saturated heterocycles. The summed E-state index contributed by atoms with van der Waals surface area (Å²) in [7, 11) is 1.61. The zero-order valence-electron chi connectivity index (χ0n) is 18.3. The summed E-state index contributed by atoms with van der Waals surface area (Å²) >= 11 is 3.46. The maximum Gasteiger partial charge on any atom is 0.149 e. The number of piperidine rings is 1. The first-order chi connectivity index (χ1) is 15.7. The molecule has 3 heterocycles. The highest BCUT2D eigenvalue weighted by atomic mass is 32.2. The summed E-state index contributed by atoms with van der Waals surface area (Å²) in [6, 6.07) is 7.36. The van der Waals surface area contributed by atoms with Gasteiger partial charge in [0.1, 0.15) is 16.3 Å². The van der Waals surface area contributed by atoms with E-state index in [4.69, 9.17) is 4.74 Å². The fraction of sp³-hybridized carbons (Fsp3) is 0.500. The van der Waals surface area contributed by atoms with Gasteiger partial charge in [-0.3, -0.25) is 4.98 Å². The van der Waals surface area contributed by atoms with Gasteiger partial charge in [-0.1, -0.05) is 11.8 Å². The number of rotatable bonds is 10. The van der Waals surface area contributed by atoms with Crippen LogP contribution in [0.2, 0.25) is 0 Å². The molecule has 0 aliphatic carbocycles. The zero-order valence-corrected chi connectivity index (χ0v) is 20.0. The molecule has 3 aromatic rings. The molecule has 0 saturated carbocycles. The predicted octanol–water partition coefficient (Wildman–Crippen LogP) is 5.21. The van der Waals surface area contributed by atoms with Gasteiger partial charge in [-0.25, -0.2) is 9.37 Å². The molecule has 3 atom stereocenters. The van der Waals surface area contributed by atoms with Crippen molar-refractivity contribution in [3.63, 3.8) is 0 Å². The average molecular weight is 476 g/mol. The molecule has 1 N–H and O–H groups in total. The van der Waals surface area contributed by atoms with Crippen molar-refractivity contribution in [2.45, 2.75) is 29.8 Å². The second-order valence-corrected chi connectivity index (χ2v) is 10.5. The second-order valence-electron chi connectivity index (χ2n) is 8.27. The van der Waals surface area contributed by atoms with E-state index in [-0.39, 0.29) is 12.5 Å². The van der Waals surface area contributed by atoms with E-state index in [0.717, 1.165) is 53.5 Å². The van der Waals surface area contributed by atoms with Crippen LogP contribution in [-0.4, -0.2) is 59.1 Å². The number of aliphatic hydroxyl groups excluding tert-OH is 1. The molecule has 0 radical (unpaired) electrons. The third-order valence-corrected chi connectivity index (χ3v) is 8.31. The zero-order chi connectivity index (χ0) is 22.3. The van der Waals surface area contributed by atoms with Crippen molar-refractivity contribution in [2.75, 3.05) is 39.1 Å². The summed E-state index contributed by atoms with van der Waals surface area (Å²) < 4.78 is 21.7. The molecular weight excluding hydrogens is 445 g/mol. The molecule has 32 heavy (non-hydrogen) atoms. The van der Waals surface area contributed by atoms with E-state index in [1.54, 1.807) is 42.5 Å². The summed E-state index contributed by atoms with van der Waals surface area (Å²) in [5, 5.41) is 12.8. The summed E-state index contributed by atoms with van der Waals surface area (Å²) in [5.41, 5.74) is 1.45. The smallest absolute Gasteiger partial charge is 0.149 e. The number of alkyl halides is 1. The number of methoxy groups -OCH3 is 1. The van der Waals surface area contributed by atoms with Crippen molar-refractivity contribution < 1.29 is 14.2 Å². The third kappa shape index (κ3) is 5.78. The first-order valence-corrected chi connectivity index (χ1v) is 13.0. The number of fused-ring (bicyclic) bond motifs is 1. The SMILES string of the molecule is COc1ccc2nccc([C@H](F)CC[C@@H]3CCN(CCSc4nccs4)C[C@@H]3CO)c2c1. The molecule has 0 amide bonds. The van der Waals surface area contributed by atoms with E-state index in [0.29, 0.717) is 23.7 Å². The molecule has 5 nitrogen and oxygen atoms in total. The highest BCUT2D eigenvalue weighted by Gasteiger charge is 2.29. The molecule has 1 aliphatic heterocycles. The van der Waals surface area contributed by atoms with Gasteiger partial charge in [-0.05, 0) is 67.5 Å². The largest absolute Gasteiger partial charge is 0.497 e. The number of pyridine rings is 1. The fourth-order valence-corrected chi connectivity index (χ4v) is 6.26. The Balaban J connectivity index is 1.31. The van der Waals surface area contributed by atoms with Gasteiger partial charge in [0.25, 0.3) is 0 Å². The Morgan fingerprint density at radius 1 is 1.28 bits per heavy atom. The van der Waals surface area contributed by atoms with Crippen LogP contribution in [0.1, 0.15) is 31.0 Å². The number of thioether (sulfide) groups is 1. The lowest BCUT2D eigenvalue weighted by Crippen LogP contribution is -2.43. The van der Waals surface area contributed by atoms with Crippen molar-refractivity contribution in [1.82, 2.24) is 14.9 Å². The van der Waals surface area contributed by atoms with E-state index < -0.39 is 6.17 Å². The molecule has 1 aromatic carbocycles. The minimum absolute atomic E-state index is 0.160. The summed E-state index contributed by atoms with van der Waals surface area (Å²) in [4.78, 5) is 11.1. The van der Waals surface area contributed by atoms with Gasteiger partial charge in [0.2, 0.25) is 0 Å². The summed E-state index contributed by atoms with van der Waals surface area (Å²) in [6.45, 7) is 3.04. The lowest BCUT2D eigenvalue weighted by Gasteiger charge is -2.38. The van der Waals surface area contributed by atoms with Crippen LogP contribution in [0.3, 0.4) is 0 Å². The highest BCUT2D eigenvalue weighted by Crippen LogP contribution is 2.35. The molecule has 0 bridgehead atoms. The predicted molar refractivity (Wildman–Crippen MR) is 129 cm³/mol. The molecule has 0 unspecified atom stereocenters. The number of hydrogen-bond donors (Lipinski definition) is 1. The van der Waals surface area contributed by atoms with Crippen LogP contribution in [0, 0.1) is 11.8 Å². The molecule has 1 aliphatic rings. The number of nitrogens with zero attached hydrogens (tertiary/aromatic N) is 3. The van der Waals surface area contributed by atoms with Crippen LogP contribution in [0.25, 0.3) is 10.9 Å². The van der Waals surface area contributed by atoms with Crippen molar-refractivity contribution in [3.8, 4) is 5.75 Å². The molecule has 4 rings (SSSR count). The first kappa shape index (κ1) is 23.4. The van der Waals surface area contributed by atoms with Gasteiger partial charge in [0.15, 0.2) is 0 Å². The van der Waals surface area contributed by atoms with E-state index in [1.807, 2.05) is 29.8 Å². The molecular formula is C24H30FN3O2S2. The van der Waals surface area contributed by atoms with Gasteiger partial charge in [-0.2, -0.15) is 0 Å². The Morgan fingerprint density at radius 2 is 2.19 bits per heavy atom. The fourth-order valence-electron chi connectivity index (χ4n) is 4.55. The topological polar surface area (TPSA) is 58.5 Å². The minimum Gasteiger partial charge on any atom is -0.497 e. The number of aromatic nitrogens is 2. The normalized spacial score (nSPS) is 20.5. The highest BCUT2D eigenvalue weighted by molar-refractivity contribution is 8.01. The Morgan fingerprint density at radius 3 is 2.97 bits per heavy atom.